The molecule has 1 aliphatic heterocycles. The predicted molar refractivity (Wildman–Crippen MR) is 111 cm³/mol. The van der Waals surface area contributed by atoms with Crippen molar-refractivity contribution in [1.82, 2.24) is 15.5 Å². The number of anilines is 1. The average molecular weight is 380 g/mol. The Kier molecular flexibility index (Phi) is 6.66. The maximum absolute atomic E-state index is 12.4. The molecule has 4 N–H and O–H groups in total. The molecule has 6 heteroatoms. The van der Waals surface area contributed by atoms with Crippen LogP contribution in [0.15, 0.2) is 42.5 Å². The van der Waals surface area contributed by atoms with Gasteiger partial charge >= 0.3 is 0 Å². The third-order valence-corrected chi connectivity index (χ3v) is 5.09. The molecule has 3 rings (SSSR count). The number of nitrogen functional groups attached to an aromatic ring is 1. The molecular weight excluding hydrogens is 352 g/mol. The van der Waals surface area contributed by atoms with Crippen LogP contribution in [0.1, 0.15) is 44.7 Å². The minimum absolute atomic E-state index is 0.0647. The van der Waals surface area contributed by atoms with Crippen molar-refractivity contribution in [3.8, 4) is 0 Å². The first-order chi connectivity index (χ1) is 13.5. The molecule has 6 nitrogen and oxygen atoms in total. The van der Waals surface area contributed by atoms with Crippen molar-refractivity contribution >= 4 is 17.5 Å². The van der Waals surface area contributed by atoms with E-state index in [1.807, 2.05) is 25.1 Å². The van der Waals surface area contributed by atoms with E-state index in [-0.39, 0.29) is 11.8 Å². The summed E-state index contributed by atoms with van der Waals surface area (Å²) in [6.07, 6.45) is 2.51. The summed E-state index contributed by atoms with van der Waals surface area (Å²) in [4.78, 5) is 27.0. The van der Waals surface area contributed by atoms with Gasteiger partial charge in [-0.15, -0.1) is 0 Å². The Morgan fingerprint density at radius 1 is 1.00 bits per heavy atom. The summed E-state index contributed by atoms with van der Waals surface area (Å²) in [5.74, 6) is -0.223. The molecule has 2 amide bonds. The molecule has 28 heavy (non-hydrogen) atoms. The molecule has 0 radical (unpaired) electrons. The van der Waals surface area contributed by atoms with Crippen molar-refractivity contribution in [2.24, 2.45) is 0 Å². The molecule has 1 fully saturated rings. The minimum Gasteiger partial charge on any atom is -0.399 e. The highest BCUT2D eigenvalue weighted by Crippen LogP contribution is 2.13. The number of likely N-dealkylation sites (tertiary alicyclic amines) is 1. The van der Waals surface area contributed by atoms with Gasteiger partial charge in [0.25, 0.3) is 11.8 Å². The van der Waals surface area contributed by atoms with Crippen LogP contribution in [0.4, 0.5) is 5.69 Å². The predicted octanol–water partition coefficient (Wildman–Crippen LogP) is 2.33. The van der Waals surface area contributed by atoms with Crippen LogP contribution >= 0.6 is 0 Å². The van der Waals surface area contributed by atoms with E-state index >= 15 is 0 Å². The van der Waals surface area contributed by atoms with Crippen LogP contribution in [-0.2, 0) is 6.54 Å². The summed E-state index contributed by atoms with van der Waals surface area (Å²) in [6.45, 7) is 6.10. The number of aryl methyl sites for hydroxylation is 1. The first kappa shape index (κ1) is 19.9. The summed E-state index contributed by atoms with van der Waals surface area (Å²) in [5.41, 5.74) is 9.35. The zero-order valence-electron chi connectivity index (χ0n) is 16.3. The Balaban J connectivity index is 1.47. The summed E-state index contributed by atoms with van der Waals surface area (Å²) >= 11 is 0. The topological polar surface area (TPSA) is 87.5 Å². The van der Waals surface area contributed by atoms with Crippen LogP contribution < -0.4 is 16.4 Å². The van der Waals surface area contributed by atoms with Crippen molar-refractivity contribution in [3.63, 3.8) is 0 Å². The largest absolute Gasteiger partial charge is 0.399 e. The second-order valence-corrected chi connectivity index (χ2v) is 7.26. The lowest BCUT2D eigenvalue weighted by Gasteiger charge is -2.14. The van der Waals surface area contributed by atoms with Gasteiger partial charge in [0.05, 0.1) is 0 Å². The van der Waals surface area contributed by atoms with Crippen molar-refractivity contribution in [2.75, 3.05) is 31.9 Å². The van der Waals surface area contributed by atoms with Crippen molar-refractivity contribution < 1.29 is 9.59 Å². The van der Waals surface area contributed by atoms with E-state index in [1.165, 1.54) is 12.8 Å². The summed E-state index contributed by atoms with van der Waals surface area (Å²) < 4.78 is 0. The van der Waals surface area contributed by atoms with Crippen LogP contribution in [0.25, 0.3) is 0 Å². The standard InChI is InChI=1S/C22H28N4O2/c1-16-4-9-19(23)14-20(16)22(28)25-15-17-5-7-18(8-6-17)21(27)24-10-13-26-11-2-3-12-26/h4-9,14H,2-3,10-13,15,23H2,1H3,(H,24,27)(H,25,28). The zero-order valence-corrected chi connectivity index (χ0v) is 16.3. The Labute approximate surface area is 166 Å². The number of amides is 2. The lowest BCUT2D eigenvalue weighted by molar-refractivity contribution is 0.0940. The lowest BCUT2D eigenvalue weighted by atomic mass is 10.1. The molecule has 0 aliphatic carbocycles. The molecule has 0 bridgehead atoms. The van der Waals surface area contributed by atoms with Gasteiger partial charge in [-0.2, -0.15) is 0 Å². The molecule has 0 saturated carbocycles. The van der Waals surface area contributed by atoms with Gasteiger partial charge in [0.15, 0.2) is 0 Å². The normalized spacial score (nSPS) is 14.0. The van der Waals surface area contributed by atoms with E-state index < -0.39 is 0 Å². The molecule has 2 aromatic rings. The van der Waals surface area contributed by atoms with E-state index in [4.69, 9.17) is 5.73 Å². The molecule has 1 saturated heterocycles. The molecule has 148 valence electrons. The number of hydrogen-bond donors (Lipinski definition) is 3. The molecule has 1 aliphatic rings. The van der Waals surface area contributed by atoms with Gasteiger partial charge in [0.2, 0.25) is 0 Å². The van der Waals surface area contributed by atoms with E-state index in [1.54, 1.807) is 24.3 Å². The Bertz CT molecular complexity index is 827. The first-order valence-electron chi connectivity index (χ1n) is 9.77. The molecule has 1 heterocycles. The van der Waals surface area contributed by atoms with Crippen LogP contribution in [0.2, 0.25) is 0 Å². The SMILES string of the molecule is Cc1ccc(N)cc1C(=O)NCc1ccc(C(=O)NCCN2CCCC2)cc1. The van der Waals surface area contributed by atoms with Crippen LogP contribution in [0, 0.1) is 6.92 Å². The maximum Gasteiger partial charge on any atom is 0.251 e. The zero-order chi connectivity index (χ0) is 19.9. The fourth-order valence-electron chi connectivity index (χ4n) is 3.37. The second-order valence-electron chi connectivity index (χ2n) is 7.26. The van der Waals surface area contributed by atoms with Gasteiger partial charge in [0, 0.05) is 36.4 Å². The number of nitrogens with zero attached hydrogens (tertiary/aromatic N) is 1. The van der Waals surface area contributed by atoms with Crippen LogP contribution in [0.5, 0.6) is 0 Å². The molecular formula is C22H28N4O2. The van der Waals surface area contributed by atoms with Gasteiger partial charge < -0.3 is 21.3 Å². The third-order valence-electron chi connectivity index (χ3n) is 5.09. The fourth-order valence-corrected chi connectivity index (χ4v) is 3.37. The average Bonchev–Trinajstić information content (AvgIpc) is 3.22. The molecule has 0 aromatic heterocycles. The van der Waals surface area contributed by atoms with Gasteiger partial charge in [-0.05, 0) is 68.2 Å². The number of benzene rings is 2. The number of hydrogen-bond acceptors (Lipinski definition) is 4. The van der Waals surface area contributed by atoms with Gasteiger partial charge in [-0.3, -0.25) is 9.59 Å². The van der Waals surface area contributed by atoms with Gasteiger partial charge in [-0.1, -0.05) is 18.2 Å². The minimum atomic E-state index is -0.159. The highest BCUT2D eigenvalue weighted by molar-refractivity contribution is 5.96. The summed E-state index contributed by atoms with van der Waals surface area (Å²) in [7, 11) is 0. The quantitative estimate of drug-likeness (QED) is 0.644. The first-order valence-corrected chi connectivity index (χ1v) is 9.77. The summed E-state index contributed by atoms with van der Waals surface area (Å²) in [5, 5.41) is 5.86. The smallest absolute Gasteiger partial charge is 0.251 e. The maximum atomic E-state index is 12.4. The summed E-state index contributed by atoms with van der Waals surface area (Å²) in [6, 6.07) is 12.6. The second kappa shape index (κ2) is 9.37. The van der Waals surface area contributed by atoms with Crippen molar-refractivity contribution in [2.45, 2.75) is 26.3 Å². The molecule has 0 atom stereocenters. The van der Waals surface area contributed by atoms with Crippen LogP contribution in [-0.4, -0.2) is 42.9 Å². The van der Waals surface area contributed by atoms with E-state index in [0.717, 1.165) is 30.8 Å². The third kappa shape index (κ3) is 5.33. The van der Waals surface area contributed by atoms with Crippen LogP contribution in [0.3, 0.4) is 0 Å². The number of nitrogens with one attached hydrogen (secondary N) is 2. The molecule has 2 aromatic carbocycles. The number of carbonyl (C=O) groups is 2. The highest BCUT2D eigenvalue weighted by Gasteiger charge is 2.12. The van der Waals surface area contributed by atoms with E-state index in [0.29, 0.717) is 29.9 Å². The Morgan fingerprint density at radius 3 is 2.43 bits per heavy atom. The number of nitrogens with two attached hydrogens (primary N) is 1. The van der Waals surface area contributed by atoms with Gasteiger partial charge in [-0.25, -0.2) is 0 Å². The van der Waals surface area contributed by atoms with Gasteiger partial charge in [0.1, 0.15) is 0 Å². The van der Waals surface area contributed by atoms with Crippen molar-refractivity contribution in [1.29, 1.82) is 0 Å². The Hall–Kier alpha value is -2.86. The van der Waals surface area contributed by atoms with Crippen molar-refractivity contribution in [3.05, 3.63) is 64.7 Å². The van der Waals surface area contributed by atoms with E-state index in [2.05, 4.69) is 15.5 Å². The molecule has 0 unspecified atom stereocenters. The van der Waals surface area contributed by atoms with E-state index in [9.17, 15) is 9.59 Å². The Morgan fingerprint density at radius 2 is 1.71 bits per heavy atom. The number of carbonyl (C=O) groups excluding carboxylic acids is 2. The monoisotopic (exact) mass is 380 g/mol. The highest BCUT2D eigenvalue weighted by atomic mass is 16.2. The molecule has 0 spiro atoms. The number of rotatable bonds is 7. The lowest BCUT2D eigenvalue weighted by Crippen LogP contribution is -2.33. The fraction of sp³-hybridized carbons (Fsp3) is 0.364.